The number of alkyl halides is 2. The van der Waals surface area contributed by atoms with Crippen LogP contribution in [0.3, 0.4) is 0 Å². The summed E-state index contributed by atoms with van der Waals surface area (Å²) in [6.45, 7) is 10.3. The number of pyridine rings is 1. The number of amides is 1. The molecule has 1 aliphatic carbocycles. The Bertz CT molecular complexity index is 1570. The zero-order chi connectivity index (χ0) is 31.8. The first-order chi connectivity index (χ1) is 20.8. The molecule has 2 bridgehead atoms. The lowest BCUT2D eigenvalue weighted by atomic mass is 9.77. The van der Waals surface area contributed by atoms with Gasteiger partial charge in [0.15, 0.2) is 5.69 Å². The van der Waals surface area contributed by atoms with Crippen molar-refractivity contribution < 1.29 is 23.0 Å². The summed E-state index contributed by atoms with van der Waals surface area (Å²) in [4.78, 5) is 22.9. The van der Waals surface area contributed by atoms with E-state index in [2.05, 4.69) is 49.9 Å². The summed E-state index contributed by atoms with van der Waals surface area (Å²) in [5.74, 6) is -0.430. The molecule has 44 heavy (non-hydrogen) atoms. The number of hydrogen-bond donors (Lipinski definition) is 1. The van der Waals surface area contributed by atoms with Crippen molar-refractivity contribution in [3.63, 3.8) is 0 Å². The second-order valence-electron chi connectivity index (χ2n) is 14.1. The Morgan fingerprint density at radius 3 is 2.64 bits per heavy atom. The van der Waals surface area contributed by atoms with Crippen LogP contribution in [0.15, 0.2) is 42.6 Å². The summed E-state index contributed by atoms with van der Waals surface area (Å²) >= 11 is 0. The molecule has 1 amide bonds. The number of imidazole rings is 1. The number of aromatic nitrogens is 3. The number of fused-ring (bicyclic) bond motifs is 2. The van der Waals surface area contributed by atoms with E-state index < -0.39 is 38.5 Å². The third kappa shape index (κ3) is 6.93. The van der Waals surface area contributed by atoms with Gasteiger partial charge in [-0.25, -0.2) is 18.7 Å². The highest BCUT2D eigenvalue weighted by atomic mass is 28.3. The Hall–Kier alpha value is -3.46. The van der Waals surface area contributed by atoms with Gasteiger partial charge < -0.3 is 19.4 Å². The molecule has 8 nitrogen and oxygen atoms in total. The van der Waals surface area contributed by atoms with Crippen molar-refractivity contribution in [1.82, 2.24) is 14.5 Å². The Morgan fingerprint density at radius 2 is 1.98 bits per heavy atom. The van der Waals surface area contributed by atoms with Gasteiger partial charge in [-0.05, 0) is 66.2 Å². The van der Waals surface area contributed by atoms with Crippen molar-refractivity contribution >= 4 is 30.8 Å². The van der Waals surface area contributed by atoms with Gasteiger partial charge in [0.05, 0.1) is 17.1 Å². The van der Waals surface area contributed by atoms with E-state index in [0.29, 0.717) is 29.3 Å². The SMILES string of the molecule is CC1(C)CC=C(c2nc(C3=CC4(CF)C=CC(CF)(C3)O4)ccc2NC(=O)c2nc(C#N)cn2COCC[Si](C)(C)C)CC1. The van der Waals surface area contributed by atoms with Gasteiger partial charge >= 0.3 is 0 Å². The Labute approximate surface area is 258 Å². The molecule has 2 aliphatic heterocycles. The lowest BCUT2D eigenvalue weighted by molar-refractivity contribution is -0.0867. The van der Waals surface area contributed by atoms with Gasteiger partial charge in [0, 0.05) is 27.3 Å². The van der Waals surface area contributed by atoms with Crippen molar-refractivity contribution in [2.45, 2.75) is 83.1 Å². The molecule has 5 rings (SSSR count). The number of carbonyl (C=O) groups is 1. The molecule has 0 saturated carbocycles. The fraction of sp³-hybridized carbons (Fsp3) is 0.515. The lowest BCUT2D eigenvalue weighted by Gasteiger charge is -2.36. The van der Waals surface area contributed by atoms with Gasteiger partial charge in [0.1, 0.15) is 37.4 Å². The lowest BCUT2D eigenvalue weighted by Crippen LogP contribution is -2.42. The van der Waals surface area contributed by atoms with Crippen molar-refractivity contribution in [2.75, 3.05) is 25.3 Å². The van der Waals surface area contributed by atoms with E-state index >= 15 is 0 Å². The summed E-state index contributed by atoms with van der Waals surface area (Å²) in [5, 5.41) is 12.4. The van der Waals surface area contributed by atoms with E-state index in [1.165, 1.54) is 6.20 Å². The molecule has 2 aromatic heterocycles. The Balaban J connectivity index is 1.46. The molecule has 0 aromatic carbocycles. The number of anilines is 1. The highest BCUT2D eigenvalue weighted by Crippen LogP contribution is 2.46. The highest BCUT2D eigenvalue weighted by molar-refractivity contribution is 6.76. The van der Waals surface area contributed by atoms with E-state index in [9.17, 15) is 18.8 Å². The number of allylic oxidation sites excluding steroid dienone is 2. The third-order valence-corrected chi connectivity index (χ3v) is 10.2. The predicted molar refractivity (Wildman–Crippen MR) is 169 cm³/mol. The first-order valence-electron chi connectivity index (χ1n) is 15.1. The first kappa shape index (κ1) is 31.9. The minimum absolute atomic E-state index is 0.0629. The summed E-state index contributed by atoms with van der Waals surface area (Å²) in [5.41, 5.74) is 1.10. The second kappa shape index (κ2) is 12.1. The van der Waals surface area contributed by atoms with E-state index in [4.69, 9.17) is 14.5 Å². The maximum absolute atomic E-state index is 14.1. The van der Waals surface area contributed by atoms with E-state index in [-0.39, 0.29) is 30.1 Å². The van der Waals surface area contributed by atoms with Crippen LogP contribution in [0.1, 0.15) is 67.2 Å². The number of rotatable bonds is 11. The van der Waals surface area contributed by atoms with Crippen molar-refractivity contribution in [3.8, 4) is 6.07 Å². The largest absolute Gasteiger partial charge is 0.361 e. The summed E-state index contributed by atoms with van der Waals surface area (Å²) in [7, 11) is -1.30. The maximum Gasteiger partial charge on any atom is 0.291 e. The smallest absolute Gasteiger partial charge is 0.291 e. The summed E-state index contributed by atoms with van der Waals surface area (Å²) in [6, 6.07) is 6.51. The van der Waals surface area contributed by atoms with Crippen LogP contribution < -0.4 is 5.32 Å². The average molecular weight is 622 g/mol. The number of nitrogens with one attached hydrogen (secondary N) is 1. The molecule has 11 heteroatoms. The molecule has 0 spiro atoms. The molecule has 4 heterocycles. The molecule has 234 valence electrons. The van der Waals surface area contributed by atoms with Crippen LogP contribution in [0.5, 0.6) is 0 Å². The average Bonchev–Trinajstić information content (AvgIpc) is 3.53. The van der Waals surface area contributed by atoms with Crippen LogP contribution in [0.2, 0.25) is 25.7 Å². The van der Waals surface area contributed by atoms with Crippen LogP contribution in [0, 0.1) is 16.7 Å². The molecule has 2 aromatic rings. The normalized spacial score (nSPS) is 24.0. The fourth-order valence-electron chi connectivity index (χ4n) is 5.72. The molecule has 0 saturated heterocycles. The molecule has 1 N–H and O–H groups in total. The van der Waals surface area contributed by atoms with Gasteiger partial charge in [-0.3, -0.25) is 4.79 Å². The second-order valence-corrected chi connectivity index (χ2v) is 19.7. The number of carbonyl (C=O) groups excluding carboxylic acids is 1. The van der Waals surface area contributed by atoms with Crippen LogP contribution in [0.4, 0.5) is 14.5 Å². The molecule has 2 atom stereocenters. The maximum atomic E-state index is 14.1. The van der Waals surface area contributed by atoms with Crippen LogP contribution >= 0.6 is 0 Å². The standard InChI is InChI=1S/C33H41F2N5O3Si/c1-31(2)10-8-23(9-11-31)28-27(7-6-26(38-28)24-16-32(20-34)12-13-33(17-24,21-35)43-32)39-30(41)29-37-25(18-36)19-40(29)22-42-14-15-44(3,4)5/h6-8,12-13,16,19H,9-11,14-15,17,20-22H2,1-5H3,(H,39,41). The molecule has 0 fully saturated rings. The number of ether oxygens (including phenoxy) is 2. The van der Waals surface area contributed by atoms with Crippen molar-refractivity contribution in [3.05, 3.63) is 65.5 Å². The van der Waals surface area contributed by atoms with Crippen molar-refractivity contribution in [2.24, 2.45) is 5.41 Å². The fourth-order valence-corrected chi connectivity index (χ4v) is 6.48. The molecule has 2 unspecified atom stereocenters. The summed E-state index contributed by atoms with van der Waals surface area (Å²) < 4.78 is 41.5. The van der Waals surface area contributed by atoms with Gasteiger partial charge in [-0.2, -0.15) is 5.26 Å². The number of halogens is 2. The molecule has 0 radical (unpaired) electrons. The Morgan fingerprint density at radius 1 is 1.18 bits per heavy atom. The summed E-state index contributed by atoms with van der Waals surface area (Å²) in [6.07, 6.45) is 11.3. The minimum atomic E-state index is -1.31. The topological polar surface area (TPSA) is 102 Å². The Kier molecular flexibility index (Phi) is 8.82. The molecular formula is C33H41F2N5O3Si. The monoisotopic (exact) mass is 621 g/mol. The number of hydrogen-bond acceptors (Lipinski definition) is 6. The first-order valence-corrected chi connectivity index (χ1v) is 18.8. The van der Waals surface area contributed by atoms with Gasteiger partial charge in [-0.1, -0.05) is 45.6 Å². The quantitative estimate of drug-likeness (QED) is 0.163. The highest BCUT2D eigenvalue weighted by Gasteiger charge is 2.48. The van der Waals surface area contributed by atoms with Gasteiger partial charge in [-0.15, -0.1) is 0 Å². The third-order valence-electron chi connectivity index (χ3n) is 8.48. The van der Waals surface area contributed by atoms with Crippen LogP contribution in [-0.4, -0.2) is 59.7 Å². The molecule has 3 aliphatic rings. The number of nitriles is 1. The van der Waals surface area contributed by atoms with Crippen molar-refractivity contribution in [1.29, 1.82) is 5.26 Å². The van der Waals surface area contributed by atoms with Crippen LogP contribution in [0.25, 0.3) is 11.1 Å². The zero-order valence-electron chi connectivity index (χ0n) is 26.2. The van der Waals surface area contributed by atoms with E-state index in [0.717, 1.165) is 30.9 Å². The van der Waals surface area contributed by atoms with Crippen LogP contribution in [-0.2, 0) is 16.2 Å². The zero-order valence-corrected chi connectivity index (χ0v) is 27.2. The van der Waals surface area contributed by atoms with Gasteiger partial charge in [0.2, 0.25) is 5.82 Å². The van der Waals surface area contributed by atoms with E-state index in [1.807, 2.05) is 6.07 Å². The minimum Gasteiger partial charge on any atom is -0.361 e. The van der Waals surface area contributed by atoms with Gasteiger partial charge in [0.25, 0.3) is 5.91 Å². The number of nitrogens with zero attached hydrogens (tertiary/aromatic N) is 4. The van der Waals surface area contributed by atoms with E-state index in [1.54, 1.807) is 34.9 Å². The molecular weight excluding hydrogens is 580 g/mol. The predicted octanol–water partition coefficient (Wildman–Crippen LogP) is 7.10.